The zero-order valence-electron chi connectivity index (χ0n) is 11.6. The number of anilines is 2. The summed E-state index contributed by atoms with van der Waals surface area (Å²) in [6, 6.07) is 8.50. The Hall–Kier alpha value is -2.40. The molecule has 2 rings (SSSR count). The number of carbonyl (C=O) groups is 1. The third-order valence-electron chi connectivity index (χ3n) is 2.59. The molecule has 0 bridgehead atoms. The molecule has 2 aromatic rings. The van der Waals surface area contributed by atoms with Crippen LogP contribution in [0.1, 0.15) is 16.2 Å². The van der Waals surface area contributed by atoms with Crippen molar-refractivity contribution in [3.63, 3.8) is 0 Å². The summed E-state index contributed by atoms with van der Waals surface area (Å²) in [6.07, 6.45) is 1.69. The van der Waals surface area contributed by atoms with E-state index >= 15 is 0 Å². The molecule has 6 heteroatoms. The molecule has 0 fully saturated rings. The van der Waals surface area contributed by atoms with Crippen molar-refractivity contribution in [2.24, 2.45) is 0 Å². The van der Waals surface area contributed by atoms with Crippen LogP contribution in [0.4, 0.5) is 11.6 Å². The number of nitrogens with zero attached hydrogens (tertiary/aromatic N) is 2. The van der Waals surface area contributed by atoms with Gasteiger partial charge >= 0.3 is 0 Å². The summed E-state index contributed by atoms with van der Waals surface area (Å²) in [6.45, 7) is 5.95. The van der Waals surface area contributed by atoms with Crippen molar-refractivity contribution in [3.05, 3.63) is 59.4 Å². The Kier molecular flexibility index (Phi) is 4.90. The lowest BCUT2D eigenvalue weighted by Crippen LogP contribution is -2.16. The predicted molar refractivity (Wildman–Crippen MR) is 84.9 cm³/mol. The van der Waals surface area contributed by atoms with Crippen LogP contribution in [-0.4, -0.2) is 22.4 Å². The van der Waals surface area contributed by atoms with E-state index in [0.29, 0.717) is 34.6 Å². The van der Waals surface area contributed by atoms with Crippen LogP contribution in [0, 0.1) is 6.92 Å². The van der Waals surface area contributed by atoms with E-state index in [1.807, 2.05) is 0 Å². The highest BCUT2D eigenvalue weighted by atomic mass is 35.5. The topological polar surface area (TPSA) is 66.9 Å². The molecule has 0 atom stereocenters. The molecule has 0 aliphatic rings. The molecule has 0 saturated heterocycles. The van der Waals surface area contributed by atoms with Gasteiger partial charge in [0, 0.05) is 22.9 Å². The summed E-state index contributed by atoms with van der Waals surface area (Å²) < 4.78 is 0. The van der Waals surface area contributed by atoms with Crippen LogP contribution in [0.25, 0.3) is 0 Å². The van der Waals surface area contributed by atoms with Gasteiger partial charge in [0.1, 0.15) is 5.69 Å². The van der Waals surface area contributed by atoms with E-state index in [-0.39, 0.29) is 5.91 Å². The monoisotopic (exact) mass is 302 g/mol. The second-order valence-electron chi connectivity index (χ2n) is 4.35. The SMILES string of the molecule is C=CCNc1nc(C)cc(C(=O)Nc2ccc(Cl)cc2)n1. The second-order valence-corrected chi connectivity index (χ2v) is 4.79. The largest absolute Gasteiger partial charge is 0.351 e. The zero-order chi connectivity index (χ0) is 15.2. The van der Waals surface area contributed by atoms with Crippen molar-refractivity contribution in [2.45, 2.75) is 6.92 Å². The number of benzene rings is 1. The first-order valence-corrected chi connectivity index (χ1v) is 6.73. The average molecular weight is 303 g/mol. The number of aromatic nitrogens is 2. The molecule has 1 heterocycles. The minimum absolute atomic E-state index is 0.295. The number of hydrogen-bond acceptors (Lipinski definition) is 4. The molecule has 1 aromatic heterocycles. The Morgan fingerprint density at radius 2 is 2.05 bits per heavy atom. The van der Waals surface area contributed by atoms with Gasteiger partial charge in [-0.3, -0.25) is 4.79 Å². The second kappa shape index (κ2) is 6.85. The van der Waals surface area contributed by atoms with Crippen LogP contribution < -0.4 is 10.6 Å². The molecule has 21 heavy (non-hydrogen) atoms. The molecule has 5 nitrogen and oxygen atoms in total. The summed E-state index contributed by atoms with van der Waals surface area (Å²) in [5.41, 5.74) is 1.66. The van der Waals surface area contributed by atoms with Gasteiger partial charge in [-0.1, -0.05) is 17.7 Å². The standard InChI is InChI=1S/C15H15ClN4O/c1-3-8-17-15-18-10(2)9-13(20-15)14(21)19-12-6-4-11(16)5-7-12/h3-7,9H,1,8H2,2H3,(H,19,21)(H,17,18,20). The molecular weight excluding hydrogens is 288 g/mol. The first-order chi connectivity index (χ1) is 10.1. The van der Waals surface area contributed by atoms with Crippen LogP contribution in [0.15, 0.2) is 43.0 Å². The fourth-order valence-electron chi connectivity index (χ4n) is 1.66. The van der Waals surface area contributed by atoms with Gasteiger partial charge < -0.3 is 10.6 Å². The molecule has 0 radical (unpaired) electrons. The highest BCUT2D eigenvalue weighted by molar-refractivity contribution is 6.30. The Labute approximate surface area is 128 Å². The van der Waals surface area contributed by atoms with Gasteiger partial charge in [-0.25, -0.2) is 9.97 Å². The van der Waals surface area contributed by atoms with Crippen LogP contribution >= 0.6 is 11.6 Å². The number of aryl methyl sites for hydroxylation is 1. The van der Waals surface area contributed by atoms with E-state index in [9.17, 15) is 4.79 Å². The smallest absolute Gasteiger partial charge is 0.274 e. The molecule has 1 amide bonds. The molecular formula is C15H15ClN4O. The van der Waals surface area contributed by atoms with E-state index in [2.05, 4.69) is 27.2 Å². The van der Waals surface area contributed by atoms with E-state index in [4.69, 9.17) is 11.6 Å². The number of halogens is 1. The molecule has 1 aromatic carbocycles. The maximum absolute atomic E-state index is 12.2. The van der Waals surface area contributed by atoms with Crippen LogP contribution in [-0.2, 0) is 0 Å². The van der Waals surface area contributed by atoms with Gasteiger partial charge in [0.2, 0.25) is 5.95 Å². The Morgan fingerprint density at radius 3 is 2.71 bits per heavy atom. The lowest BCUT2D eigenvalue weighted by Gasteiger charge is -2.08. The normalized spacial score (nSPS) is 10.0. The number of rotatable bonds is 5. The van der Waals surface area contributed by atoms with Crippen molar-refractivity contribution < 1.29 is 4.79 Å². The summed E-state index contributed by atoms with van der Waals surface area (Å²) in [5, 5.41) is 6.34. The van der Waals surface area contributed by atoms with E-state index in [0.717, 1.165) is 0 Å². The number of carbonyl (C=O) groups excluding carboxylic acids is 1. The molecule has 0 saturated carbocycles. The summed E-state index contributed by atoms with van der Waals surface area (Å²) in [5.74, 6) is 0.0978. The third kappa shape index (κ3) is 4.29. The Balaban J connectivity index is 2.16. The molecule has 2 N–H and O–H groups in total. The van der Waals surface area contributed by atoms with Crippen molar-refractivity contribution >= 4 is 29.1 Å². The van der Waals surface area contributed by atoms with Crippen LogP contribution in [0.5, 0.6) is 0 Å². The maximum Gasteiger partial charge on any atom is 0.274 e. The number of amides is 1. The van der Waals surface area contributed by atoms with Gasteiger partial charge in [0.25, 0.3) is 5.91 Å². The molecule has 0 unspecified atom stereocenters. The number of nitrogens with one attached hydrogen (secondary N) is 2. The fraction of sp³-hybridized carbons (Fsp3) is 0.133. The quantitative estimate of drug-likeness (QED) is 0.832. The zero-order valence-corrected chi connectivity index (χ0v) is 12.3. The first-order valence-electron chi connectivity index (χ1n) is 6.36. The van der Waals surface area contributed by atoms with Gasteiger partial charge in [-0.2, -0.15) is 0 Å². The highest BCUT2D eigenvalue weighted by Crippen LogP contribution is 2.14. The minimum Gasteiger partial charge on any atom is -0.351 e. The summed E-state index contributed by atoms with van der Waals surface area (Å²) >= 11 is 5.81. The van der Waals surface area contributed by atoms with Crippen molar-refractivity contribution in [1.29, 1.82) is 0 Å². The van der Waals surface area contributed by atoms with Crippen LogP contribution in [0.2, 0.25) is 5.02 Å². The molecule has 0 aliphatic carbocycles. The van der Waals surface area contributed by atoms with Crippen molar-refractivity contribution in [2.75, 3.05) is 17.2 Å². The molecule has 108 valence electrons. The summed E-state index contributed by atoms with van der Waals surface area (Å²) in [7, 11) is 0. The van der Waals surface area contributed by atoms with E-state index < -0.39 is 0 Å². The van der Waals surface area contributed by atoms with Gasteiger partial charge in [-0.05, 0) is 37.3 Å². The van der Waals surface area contributed by atoms with Crippen molar-refractivity contribution in [3.8, 4) is 0 Å². The minimum atomic E-state index is -0.301. The van der Waals surface area contributed by atoms with Crippen LogP contribution in [0.3, 0.4) is 0 Å². The highest BCUT2D eigenvalue weighted by Gasteiger charge is 2.10. The van der Waals surface area contributed by atoms with Crippen molar-refractivity contribution in [1.82, 2.24) is 9.97 Å². The Morgan fingerprint density at radius 1 is 1.33 bits per heavy atom. The average Bonchev–Trinajstić information content (AvgIpc) is 2.47. The summed E-state index contributed by atoms with van der Waals surface area (Å²) in [4.78, 5) is 20.6. The molecule has 0 aliphatic heterocycles. The number of hydrogen-bond donors (Lipinski definition) is 2. The Bertz CT molecular complexity index is 655. The van der Waals surface area contributed by atoms with E-state index in [1.165, 1.54) is 0 Å². The maximum atomic E-state index is 12.2. The van der Waals surface area contributed by atoms with E-state index in [1.54, 1.807) is 43.3 Å². The fourth-order valence-corrected chi connectivity index (χ4v) is 1.78. The lowest BCUT2D eigenvalue weighted by atomic mass is 10.3. The predicted octanol–water partition coefficient (Wildman–Crippen LogP) is 3.29. The third-order valence-corrected chi connectivity index (χ3v) is 2.85. The molecule has 0 spiro atoms. The van der Waals surface area contributed by atoms with Gasteiger partial charge in [0.05, 0.1) is 0 Å². The van der Waals surface area contributed by atoms with Gasteiger partial charge in [0.15, 0.2) is 0 Å². The first kappa shape index (κ1) is 15.0. The van der Waals surface area contributed by atoms with Gasteiger partial charge in [-0.15, -0.1) is 6.58 Å². The lowest BCUT2D eigenvalue weighted by molar-refractivity contribution is 0.102.